The quantitative estimate of drug-likeness (QED) is 0.506. The molecule has 1 heterocycles. The van der Waals surface area contributed by atoms with E-state index in [9.17, 15) is 18.0 Å². The first-order valence-electron chi connectivity index (χ1n) is 8.16. The highest BCUT2D eigenvalue weighted by Crippen LogP contribution is 2.16. The second kappa shape index (κ2) is 7.37. The fraction of sp³-hybridized carbons (Fsp3) is 0.222. The van der Waals surface area contributed by atoms with E-state index in [2.05, 4.69) is 0 Å². The molecule has 0 atom stereocenters. The van der Waals surface area contributed by atoms with Crippen molar-refractivity contribution in [3.05, 3.63) is 64.1 Å². The zero-order valence-corrected chi connectivity index (χ0v) is 15.4. The van der Waals surface area contributed by atoms with Crippen LogP contribution in [0.2, 0.25) is 0 Å². The van der Waals surface area contributed by atoms with Crippen LogP contribution in [0.3, 0.4) is 0 Å². The molecule has 0 amide bonds. The van der Waals surface area contributed by atoms with Gasteiger partial charge in [0, 0.05) is 6.54 Å². The molecule has 0 radical (unpaired) electrons. The van der Waals surface area contributed by atoms with Crippen LogP contribution in [0, 0.1) is 6.92 Å². The number of para-hydroxylation sites is 2. The number of benzene rings is 2. The van der Waals surface area contributed by atoms with Gasteiger partial charge < -0.3 is 9.15 Å². The SMILES string of the molecule is Cc1ccc(S(N)(=O)=O)cc1C(=O)OCCCn1c(=O)oc2ccccc21. The van der Waals surface area contributed by atoms with Crippen LogP contribution in [0.15, 0.2) is 56.6 Å². The molecule has 9 heteroatoms. The lowest BCUT2D eigenvalue weighted by molar-refractivity contribution is 0.0494. The molecule has 0 aliphatic rings. The third-order valence-electron chi connectivity index (χ3n) is 4.09. The second-order valence-corrected chi connectivity index (χ2v) is 7.56. The zero-order valence-electron chi connectivity index (χ0n) is 14.5. The maximum absolute atomic E-state index is 12.2. The van der Waals surface area contributed by atoms with Crippen molar-refractivity contribution in [3.8, 4) is 0 Å². The first kappa shape index (κ1) is 18.9. The number of carbonyl (C=O) groups is 1. The molecule has 2 N–H and O–H groups in total. The molecule has 0 saturated carbocycles. The minimum absolute atomic E-state index is 0.0593. The molecule has 0 aliphatic carbocycles. The number of hydrogen-bond donors (Lipinski definition) is 1. The highest BCUT2D eigenvalue weighted by molar-refractivity contribution is 7.89. The zero-order chi connectivity index (χ0) is 19.6. The Morgan fingerprint density at radius 1 is 1.22 bits per heavy atom. The molecule has 3 rings (SSSR count). The van der Waals surface area contributed by atoms with Crippen molar-refractivity contribution in [2.24, 2.45) is 5.14 Å². The Hall–Kier alpha value is -2.91. The van der Waals surface area contributed by atoms with Gasteiger partial charge >= 0.3 is 11.7 Å². The van der Waals surface area contributed by atoms with Crippen LogP contribution >= 0.6 is 0 Å². The van der Waals surface area contributed by atoms with Crippen molar-refractivity contribution in [2.75, 3.05) is 6.61 Å². The van der Waals surface area contributed by atoms with Gasteiger partial charge in [-0.2, -0.15) is 0 Å². The fourth-order valence-electron chi connectivity index (χ4n) is 2.69. The van der Waals surface area contributed by atoms with Gasteiger partial charge in [-0.3, -0.25) is 4.57 Å². The number of aryl methyl sites for hydroxylation is 2. The number of ether oxygens (including phenoxy) is 1. The average Bonchev–Trinajstić information content (AvgIpc) is 2.93. The number of aromatic nitrogens is 1. The summed E-state index contributed by atoms with van der Waals surface area (Å²) in [6.45, 7) is 2.05. The Balaban J connectivity index is 1.65. The number of primary sulfonamides is 1. The molecule has 0 aliphatic heterocycles. The summed E-state index contributed by atoms with van der Waals surface area (Å²) in [5.74, 6) is -1.12. The van der Waals surface area contributed by atoms with Gasteiger partial charge in [-0.25, -0.2) is 23.1 Å². The summed E-state index contributed by atoms with van der Waals surface area (Å²) in [6.07, 6.45) is 0.392. The first-order valence-corrected chi connectivity index (χ1v) is 9.71. The number of fused-ring (bicyclic) bond motifs is 1. The van der Waals surface area contributed by atoms with Crippen molar-refractivity contribution >= 4 is 27.1 Å². The lowest BCUT2D eigenvalue weighted by atomic mass is 10.1. The molecular weight excluding hydrogens is 372 g/mol. The summed E-state index contributed by atoms with van der Waals surface area (Å²) in [4.78, 5) is 24.0. The topological polar surface area (TPSA) is 122 Å². The normalized spacial score (nSPS) is 11.6. The van der Waals surface area contributed by atoms with Crippen LogP contribution in [0.25, 0.3) is 11.1 Å². The number of nitrogens with zero attached hydrogens (tertiary/aromatic N) is 1. The summed E-state index contributed by atoms with van der Waals surface area (Å²) in [5, 5.41) is 5.09. The van der Waals surface area contributed by atoms with E-state index in [4.69, 9.17) is 14.3 Å². The van der Waals surface area contributed by atoms with E-state index >= 15 is 0 Å². The van der Waals surface area contributed by atoms with Gasteiger partial charge in [0.25, 0.3) is 0 Å². The van der Waals surface area contributed by atoms with Gasteiger partial charge in [0.15, 0.2) is 5.58 Å². The van der Waals surface area contributed by atoms with E-state index < -0.39 is 21.7 Å². The van der Waals surface area contributed by atoms with Crippen LogP contribution in [0.1, 0.15) is 22.3 Å². The highest BCUT2D eigenvalue weighted by atomic mass is 32.2. The van der Waals surface area contributed by atoms with Crippen molar-refractivity contribution in [3.63, 3.8) is 0 Å². The molecule has 0 bridgehead atoms. The van der Waals surface area contributed by atoms with Gasteiger partial charge in [-0.15, -0.1) is 0 Å². The number of carbonyl (C=O) groups excluding carboxylic acids is 1. The Labute approximate surface area is 155 Å². The third kappa shape index (κ3) is 4.09. The number of oxazole rings is 1. The molecule has 142 valence electrons. The monoisotopic (exact) mass is 390 g/mol. The number of rotatable bonds is 6. The van der Waals surface area contributed by atoms with Crippen molar-refractivity contribution < 1.29 is 22.4 Å². The summed E-state index contributed by atoms with van der Waals surface area (Å²) < 4.78 is 34.7. The Kier molecular flexibility index (Phi) is 5.15. The molecule has 3 aromatic rings. The van der Waals surface area contributed by atoms with Gasteiger partial charge in [0.05, 0.1) is 22.6 Å². The van der Waals surface area contributed by atoms with E-state index in [1.807, 2.05) is 0 Å². The Morgan fingerprint density at radius 2 is 1.96 bits per heavy atom. The second-order valence-electron chi connectivity index (χ2n) is 6.00. The van der Waals surface area contributed by atoms with Crippen LogP contribution in [-0.2, 0) is 21.3 Å². The predicted octanol–water partition coefficient (Wildman–Crippen LogP) is 1.80. The van der Waals surface area contributed by atoms with Crippen LogP contribution in [0.5, 0.6) is 0 Å². The van der Waals surface area contributed by atoms with E-state index in [1.54, 1.807) is 31.2 Å². The van der Waals surface area contributed by atoms with Crippen molar-refractivity contribution in [1.82, 2.24) is 4.57 Å². The number of hydrogen-bond acceptors (Lipinski definition) is 6. The Morgan fingerprint density at radius 3 is 2.70 bits per heavy atom. The molecule has 0 spiro atoms. The number of sulfonamides is 1. The predicted molar refractivity (Wildman–Crippen MR) is 97.9 cm³/mol. The molecule has 0 unspecified atom stereocenters. The molecular formula is C18H18N2O6S. The standard InChI is InChI=1S/C18H18N2O6S/c1-12-7-8-13(27(19,23)24)11-14(12)17(21)25-10-4-9-20-15-5-2-3-6-16(15)26-18(20)22/h2-3,5-8,11H,4,9-10H2,1H3,(H2,19,23,24). The summed E-state index contributed by atoms with van der Waals surface area (Å²) in [7, 11) is -3.91. The van der Waals surface area contributed by atoms with Gasteiger partial charge in [0.1, 0.15) is 0 Å². The number of nitrogens with two attached hydrogens (primary N) is 1. The van der Waals surface area contributed by atoms with Crippen LogP contribution in [-0.4, -0.2) is 25.6 Å². The average molecular weight is 390 g/mol. The van der Waals surface area contributed by atoms with Crippen LogP contribution in [0.4, 0.5) is 0 Å². The van der Waals surface area contributed by atoms with E-state index in [1.165, 1.54) is 22.8 Å². The molecule has 2 aromatic carbocycles. The highest BCUT2D eigenvalue weighted by Gasteiger charge is 2.16. The minimum atomic E-state index is -3.91. The molecule has 8 nitrogen and oxygen atoms in total. The van der Waals surface area contributed by atoms with Gasteiger partial charge in [-0.1, -0.05) is 18.2 Å². The maximum atomic E-state index is 12.2. The molecule has 0 saturated heterocycles. The van der Waals surface area contributed by atoms with Crippen molar-refractivity contribution in [1.29, 1.82) is 0 Å². The largest absolute Gasteiger partial charge is 0.462 e. The Bertz CT molecular complexity index is 1160. The lowest BCUT2D eigenvalue weighted by Crippen LogP contribution is -2.17. The third-order valence-corrected chi connectivity index (χ3v) is 5.00. The molecule has 1 aromatic heterocycles. The first-order chi connectivity index (χ1) is 12.8. The van der Waals surface area contributed by atoms with Crippen molar-refractivity contribution in [2.45, 2.75) is 24.8 Å². The maximum Gasteiger partial charge on any atom is 0.419 e. The smallest absolute Gasteiger partial charge is 0.419 e. The summed E-state index contributed by atoms with van der Waals surface area (Å²) in [5.41, 5.74) is 1.87. The van der Waals surface area contributed by atoms with E-state index in [-0.39, 0.29) is 17.1 Å². The molecule has 0 fully saturated rings. The van der Waals surface area contributed by atoms with E-state index in [0.717, 1.165) is 0 Å². The summed E-state index contributed by atoms with van der Waals surface area (Å²) >= 11 is 0. The lowest BCUT2D eigenvalue weighted by Gasteiger charge is -2.09. The summed E-state index contributed by atoms with van der Waals surface area (Å²) in [6, 6.07) is 11.1. The minimum Gasteiger partial charge on any atom is -0.462 e. The van der Waals surface area contributed by atoms with E-state index in [0.29, 0.717) is 29.6 Å². The van der Waals surface area contributed by atoms with Gasteiger partial charge in [0.2, 0.25) is 10.0 Å². The van der Waals surface area contributed by atoms with Gasteiger partial charge in [-0.05, 0) is 43.2 Å². The fourth-order valence-corrected chi connectivity index (χ4v) is 3.23. The number of esters is 1. The van der Waals surface area contributed by atoms with Crippen LogP contribution < -0.4 is 10.9 Å². The molecule has 27 heavy (non-hydrogen) atoms.